The molecule has 0 spiro atoms. The molecule has 3 N–H and O–H groups in total. The number of hydrogen-bond acceptors (Lipinski definition) is 4. The van der Waals surface area contributed by atoms with Crippen LogP contribution < -0.4 is 15.4 Å². The lowest BCUT2D eigenvalue weighted by Crippen LogP contribution is -2.26. The first-order valence-electron chi connectivity index (χ1n) is 9.68. The summed E-state index contributed by atoms with van der Waals surface area (Å²) in [5, 5.41) is 5.54. The molecule has 0 fully saturated rings. The molecule has 0 aromatic heterocycles. The molecule has 6 nitrogen and oxygen atoms in total. The number of benzene rings is 3. The molecule has 3 aromatic rings. The predicted molar refractivity (Wildman–Crippen MR) is 126 cm³/mol. The number of thioether (sulfide) groups is 1. The third-order valence-corrected chi connectivity index (χ3v) is 7.25. The summed E-state index contributed by atoms with van der Waals surface area (Å²) in [7, 11) is -1.42. The van der Waals surface area contributed by atoms with Gasteiger partial charge in [-0.2, -0.15) is 0 Å². The van der Waals surface area contributed by atoms with Crippen LogP contribution in [0.3, 0.4) is 0 Å². The van der Waals surface area contributed by atoms with Gasteiger partial charge in [-0.3, -0.25) is 9.59 Å². The van der Waals surface area contributed by atoms with Gasteiger partial charge < -0.3 is 15.4 Å². The molecule has 0 radical (unpaired) electrons. The van der Waals surface area contributed by atoms with Crippen molar-refractivity contribution in [1.29, 1.82) is 0 Å². The number of para-hydroxylation sites is 1. The lowest BCUT2D eigenvalue weighted by molar-refractivity contribution is -0.115. The molecule has 4 rings (SSSR count). The van der Waals surface area contributed by atoms with Crippen LogP contribution in [0.5, 0.6) is 0 Å². The van der Waals surface area contributed by atoms with Crippen LogP contribution in [0.1, 0.15) is 22.8 Å². The highest BCUT2D eigenvalue weighted by atomic mass is 32.2. The normalized spacial score (nSPS) is 16.1. The molecule has 2 atom stereocenters. The first kappa shape index (κ1) is 21.1. The summed E-state index contributed by atoms with van der Waals surface area (Å²) in [6.45, 7) is 3.69. The van der Waals surface area contributed by atoms with Gasteiger partial charge in [0.05, 0.1) is 15.8 Å². The Bertz CT molecular complexity index is 1180. The number of anilines is 3. The number of aryl methyl sites for hydroxylation is 1. The largest absolute Gasteiger partial charge is 0.324 e. The first-order valence-corrected chi connectivity index (χ1v) is 11.7. The summed E-state index contributed by atoms with van der Waals surface area (Å²) < 4.78 is 15.6. The minimum absolute atomic E-state index is 0.0709. The predicted octanol–water partition coefficient (Wildman–Crippen LogP) is 4.81. The Morgan fingerprint density at radius 2 is 1.81 bits per heavy atom. The number of carbonyl (C=O) groups excluding carboxylic acids is 2. The number of carbonyl (C=O) groups is 2. The van der Waals surface area contributed by atoms with Gasteiger partial charge in [-0.25, -0.2) is 4.21 Å². The Labute approximate surface area is 187 Å². The van der Waals surface area contributed by atoms with Crippen molar-refractivity contribution < 1.29 is 13.8 Å². The van der Waals surface area contributed by atoms with Crippen LogP contribution in [-0.4, -0.2) is 21.3 Å². The fraction of sp³-hybridized carbons (Fsp3) is 0.130. The summed E-state index contributed by atoms with van der Waals surface area (Å²) in [5.41, 5.74) is 3.26. The van der Waals surface area contributed by atoms with E-state index in [0.29, 0.717) is 21.8 Å². The van der Waals surface area contributed by atoms with Crippen LogP contribution in [-0.2, 0) is 15.8 Å². The van der Waals surface area contributed by atoms with Gasteiger partial charge in [0, 0.05) is 21.8 Å². The van der Waals surface area contributed by atoms with Crippen LogP contribution >= 0.6 is 11.8 Å². The highest BCUT2D eigenvalue weighted by Gasteiger charge is 2.23. The molecule has 1 unspecified atom stereocenters. The Morgan fingerprint density at radius 1 is 1.03 bits per heavy atom. The van der Waals surface area contributed by atoms with E-state index in [1.165, 1.54) is 11.8 Å². The fourth-order valence-corrected chi connectivity index (χ4v) is 5.09. The zero-order chi connectivity index (χ0) is 22.0. The maximum absolute atomic E-state index is 12.7. The Balaban J connectivity index is 1.47. The average Bonchev–Trinajstić information content (AvgIpc) is 2.75. The lowest BCUT2D eigenvalue weighted by atomic mass is 10.1. The van der Waals surface area contributed by atoms with Crippen LogP contribution in [0.4, 0.5) is 17.1 Å². The topological polar surface area (TPSA) is 87.3 Å². The van der Waals surface area contributed by atoms with Crippen LogP contribution in [0, 0.1) is 6.92 Å². The fourth-order valence-electron chi connectivity index (χ4n) is 3.16. The summed E-state index contributed by atoms with van der Waals surface area (Å²) in [6.07, 6.45) is 0. The second-order valence-corrected chi connectivity index (χ2v) is 9.70. The van der Waals surface area contributed by atoms with Gasteiger partial charge in [0.1, 0.15) is 0 Å². The monoisotopic (exact) mass is 451 g/mol. The molecule has 1 aliphatic rings. The summed E-state index contributed by atoms with van der Waals surface area (Å²) in [4.78, 5) is 26.2. The summed E-state index contributed by atoms with van der Waals surface area (Å²) >= 11 is 1.47. The minimum atomic E-state index is -1.42. The molecule has 31 heavy (non-hydrogen) atoms. The molecule has 8 heteroatoms. The number of hydrogen-bond donors (Lipinski definition) is 3. The van der Waals surface area contributed by atoms with Gasteiger partial charge in [-0.05, 0) is 67.9 Å². The van der Waals surface area contributed by atoms with Gasteiger partial charge in [0.25, 0.3) is 5.91 Å². The van der Waals surface area contributed by atoms with Crippen LogP contribution in [0.15, 0.2) is 76.5 Å². The number of amides is 2. The van der Waals surface area contributed by atoms with Crippen molar-refractivity contribution in [2.45, 2.75) is 28.9 Å². The highest BCUT2D eigenvalue weighted by Crippen LogP contribution is 2.36. The summed E-state index contributed by atoms with van der Waals surface area (Å²) in [6, 6.07) is 19.9. The van der Waals surface area contributed by atoms with Gasteiger partial charge in [-0.1, -0.05) is 18.2 Å². The Kier molecular flexibility index (Phi) is 6.11. The van der Waals surface area contributed by atoms with Crippen molar-refractivity contribution in [3.63, 3.8) is 0 Å². The van der Waals surface area contributed by atoms with Crippen molar-refractivity contribution in [1.82, 2.24) is 0 Å². The molecule has 0 bridgehead atoms. The summed E-state index contributed by atoms with van der Waals surface area (Å²) in [5.74, 6) is -0.352. The van der Waals surface area contributed by atoms with E-state index in [9.17, 15) is 13.8 Å². The lowest BCUT2D eigenvalue weighted by Gasteiger charge is -2.21. The average molecular weight is 452 g/mol. The van der Waals surface area contributed by atoms with Crippen molar-refractivity contribution in [2.24, 2.45) is 0 Å². The molecular formula is C23H21N3O3S2. The number of nitrogens with one attached hydrogen (secondary N) is 3. The molecule has 0 aliphatic carbocycles. The second kappa shape index (κ2) is 8.95. The molecule has 158 valence electrons. The molecule has 3 aromatic carbocycles. The van der Waals surface area contributed by atoms with Gasteiger partial charge in [0.2, 0.25) is 5.91 Å². The van der Waals surface area contributed by atoms with Crippen molar-refractivity contribution in [2.75, 3.05) is 15.4 Å². The smallest absolute Gasteiger partial charge is 0.255 e. The zero-order valence-corrected chi connectivity index (χ0v) is 18.6. The van der Waals surface area contributed by atoms with Crippen LogP contribution in [0.25, 0.3) is 0 Å². The van der Waals surface area contributed by atoms with E-state index in [0.717, 1.165) is 16.1 Å². The molecule has 1 heterocycles. The van der Waals surface area contributed by atoms with E-state index in [-0.39, 0.29) is 17.1 Å². The van der Waals surface area contributed by atoms with E-state index in [4.69, 9.17) is 0 Å². The van der Waals surface area contributed by atoms with E-state index in [1.54, 1.807) is 30.3 Å². The standard InChI is InChI=1S/C23H21N3O3S2/c1-14-12-18(9-11-21(14)31(29)26-17-6-4-3-5-7-17)24-23(28)16-8-10-20-19(13-16)25-22(27)15(2)30-20/h3-13,15,26H,1-2H3,(H,24,28)(H,25,27)/t15-,31?/m1/s1. The number of fused-ring (bicyclic) bond motifs is 1. The van der Waals surface area contributed by atoms with E-state index in [2.05, 4.69) is 15.4 Å². The van der Waals surface area contributed by atoms with Crippen molar-refractivity contribution in [3.8, 4) is 0 Å². The SMILES string of the molecule is Cc1cc(NC(=O)c2ccc3c(c2)NC(=O)[C@@H](C)S3)ccc1S(=O)Nc1ccccc1. The zero-order valence-electron chi connectivity index (χ0n) is 17.0. The molecule has 0 saturated heterocycles. The quantitative estimate of drug-likeness (QED) is 0.519. The molecule has 0 saturated carbocycles. The van der Waals surface area contributed by atoms with E-state index in [1.807, 2.05) is 50.2 Å². The molecular weight excluding hydrogens is 430 g/mol. The third-order valence-electron chi connectivity index (χ3n) is 4.79. The maximum Gasteiger partial charge on any atom is 0.255 e. The van der Waals surface area contributed by atoms with Gasteiger partial charge >= 0.3 is 0 Å². The van der Waals surface area contributed by atoms with Crippen molar-refractivity contribution in [3.05, 3.63) is 77.9 Å². The highest BCUT2D eigenvalue weighted by molar-refractivity contribution is 8.01. The first-order chi connectivity index (χ1) is 14.9. The minimum Gasteiger partial charge on any atom is -0.324 e. The van der Waals surface area contributed by atoms with E-state index < -0.39 is 11.0 Å². The van der Waals surface area contributed by atoms with Crippen molar-refractivity contribution >= 4 is 51.6 Å². The maximum atomic E-state index is 12.7. The van der Waals surface area contributed by atoms with Crippen LogP contribution in [0.2, 0.25) is 0 Å². The van der Waals surface area contributed by atoms with Gasteiger partial charge in [0.15, 0.2) is 11.0 Å². The third kappa shape index (κ3) is 4.81. The Morgan fingerprint density at radius 3 is 2.55 bits per heavy atom. The van der Waals surface area contributed by atoms with Gasteiger partial charge in [-0.15, -0.1) is 11.8 Å². The van der Waals surface area contributed by atoms with E-state index >= 15 is 0 Å². The molecule has 2 amide bonds. The number of rotatable bonds is 5. The molecule has 1 aliphatic heterocycles. The Hall–Kier alpha value is -3.10. The second-order valence-electron chi connectivity index (χ2n) is 7.13.